The number of hydrogen-bond acceptors (Lipinski definition) is 4. The predicted molar refractivity (Wildman–Crippen MR) is 66.6 cm³/mol. The van der Waals surface area contributed by atoms with Crippen molar-refractivity contribution < 1.29 is 18.3 Å². The monoisotopic (exact) mass is 275 g/mol. The fourth-order valence-electron chi connectivity index (χ4n) is 1.36. The Morgan fingerprint density at radius 1 is 1.50 bits per heavy atom. The number of benzene rings is 1. The molecule has 1 atom stereocenters. The molecule has 0 spiro atoms. The van der Waals surface area contributed by atoms with E-state index in [0.717, 1.165) is 17.8 Å². The second kappa shape index (κ2) is 7.33. The Hall–Kier alpha value is -1.14. The minimum atomic E-state index is -0.625. The van der Waals surface area contributed by atoms with Crippen LogP contribution in [0.2, 0.25) is 0 Å². The Morgan fingerprint density at radius 2 is 2.22 bits per heavy atom. The summed E-state index contributed by atoms with van der Waals surface area (Å²) < 4.78 is 30.7. The summed E-state index contributed by atoms with van der Waals surface area (Å²) in [7, 11) is 1.30. The van der Waals surface area contributed by atoms with Crippen LogP contribution < -0.4 is 5.32 Å². The lowest BCUT2D eigenvalue weighted by molar-refractivity contribution is -0.142. The van der Waals surface area contributed by atoms with Crippen molar-refractivity contribution in [2.45, 2.75) is 17.9 Å². The molecule has 1 N–H and O–H groups in total. The van der Waals surface area contributed by atoms with Crippen LogP contribution >= 0.6 is 11.8 Å². The number of carbonyl (C=O) groups excluding carboxylic acids is 1. The molecular formula is C12H15F2NO2S. The molecule has 0 saturated carbocycles. The lowest BCUT2D eigenvalue weighted by atomic mass is 10.3. The summed E-state index contributed by atoms with van der Waals surface area (Å²) in [5.41, 5.74) is 0. The Labute approximate surface area is 109 Å². The standard InChI is InChI=1S/C12H15F2NO2S/c1-3-15-10(12(16)17-2)7-18-11-5-4-8(13)6-9(11)14/h4-6,10,15H,3,7H2,1-2H3. The number of hydrogen-bond donors (Lipinski definition) is 1. The number of carbonyl (C=O) groups is 1. The van der Waals surface area contributed by atoms with Crippen LogP contribution in [0.4, 0.5) is 8.78 Å². The largest absolute Gasteiger partial charge is 0.468 e. The van der Waals surface area contributed by atoms with Crippen LogP contribution in [0.15, 0.2) is 23.1 Å². The molecule has 0 bridgehead atoms. The Kier molecular flexibility index (Phi) is 6.07. The van der Waals surface area contributed by atoms with Crippen LogP contribution in [-0.2, 0) is 9.53 Å². The molecule has 1 unspecified atom stereocenters. The number of esters is 1. The van der Waals surface area contributed by atoms with Crippen molar-refractivity contribution in [1.82, 2.24) is 5.32 Å². The summed E-state index contributed by atoms with van der Waals surface area (Å²) in [6, 6.07) is 2.86. The molecule has 0 aliphatic rings. The number of rotatable bonds is 6. The zero-order chi connectivity index (χ0) is 13.5. The van der Waals surface area contributed by atoms with Crippen LogP contribution in [0.25, 0.3) is 0 Å². The highest BCUT2D eigenvalue weighted by Crippen LogP contribution is 2.23. The third-order valence-electron chi connectivity index (χ3n) is 2.24. The molecule has 0 amide bonds. The minimum Gasteiger partial charge on any atom is -0.468 e. The van der Waals surface area contributed by atoms with Crippen molar-refractivity contribution in [3.05, 3.63) is 29.8 Å². The molecule has 0 radical (unpaired) electrons. The van der Waals surface area contributed by atoms with Gasteiger partial charge in [-0.3, -0.25) is 4.79 Å². The molecule has 1 aromatic rings. The maximum atomic E-state index is 13.4. The predicted octanol–water partition coefficient (Wildman–Crippen LogP) is 2.21. The minimum absolute atomic E-state index is 0.309. The molecule has 0 aromatic heterocycles. The molecule has 0 saturated heterocycles. The van der Waals surface area contributed by atoms with Crippen molar-refractivity contribution in [3.63, 3.8) is 0 Å². The second-order valence-electron chi connectivity index (χ2n) is 3.52. The molecular weight excluding hydrogens is 260 g/mol. The summed E-state index contributed by atoms with van der Waals surface area (Å²) in [5, 5.41) is 2.94. The van der Waals surface area contributed by atoms with Gasteiger partial charge >= 0.3 is 5.97 Å². The van der Waals surface area contributed by atoms with Gasteiger partial charge in [-0.2, -0.15) is 0 Å². The van der Waals surface area contributed by atoms with Crippen LogP contribution in [0, 0.1) is 11.6 Å². The first-order valence-corrected chi connectivity index (χ1v) is 6.46. The van der Waals surface area contributed by atoms with E-state index in [9.17, 15) is 13.6 Å². The van der Waals surface area contributed by atoms with Gasteiger partial charge in [0.15, 0.2) is 0 Å². The number of thioether (sulfide) groups is 1. The molecule has 100 valence electrons. The summed E-state index contributed by atoms with van der Waals surface area (Å²) >= 11 is 1.14. The first-order valence-electron chi connectivity index (χ1n) is 5.47. The van der Waals surface area contributed by atoms with Gasteiger partial charge in [0.25, 0.3) is 0 Å². The molecule has 0 fully saturated rings. The van der Waals surface area contributed by atoms with Gasteiger partial charge in [-0.15, -0.1) is 11.8 Å². The van der Waals surface area contributed by atoms with Crippen molar-refractivity contribution in [3.8, 4) is 0 Å². The Bertz CT molecular complexity index is 415. The van der Waals surface area contributed by atoms with E-state index in [-0.39, 0.29) is 0 Å². The van der Waals surface area contributed by atoms with Crippen molar-refractivity contribution in [1.29, 1.82) is 0 Å². The SMILES string of the molecule is CCNC(CSc1ccc(F)cc1F)C(=O)OC. The number of methoxy groups -OCH3 is 1. The quantitative estimate of drug-likeness (QED) is 0.638. The first kappa shape index (κ1) is 14.9. The van der Waals surface area contributed by atoms with Gasteiger partial charge < -0.3 is 10.1 Å². The zero-order valence-electron chi connectivity index (χ0n) is 10.2. The Balaban J connectivity index is 2.63. The van der Waals surface area contributed by atoms with E-state index >= 15 is 0 Å². The lowest BCUT2D eigenvalue weighted by Crippen LogP contribution is -2.39. The maximum absolute atomic E-state index is 13.4. The van der Waals surface area contributed by atoms with Gasteiger partial charge in [0, 0.05) is 16.7 Å². The Morgan fingerprint density at radius 3 is 2.78 bits per heavy atom. The molecule has 0 aliphatic carbocycles. The van der Waals surface area contributed by atoms with Crippen LogP contribution in [0.1, 0.15) is 6.92 Å². The van der Waals surface area contributed by atoms with E-state index in [1.807, 2.05) is 6.92 Å². The van der Waals surface area contributed by atoms with E-state index in [2.05, 4.69) is 10.1 Å². The van der Waals surface area contributed by atoms with E-state index < -0.39 is 23.6 Å². The van der Waals surface area contributed by atoms with Crippen molar-refractivity contribution in [2.24, 2.45) is 0 Å². The summed E-state index contributed by atoms with van der Waals surface area (Å²) in [6.07, 6.45) is 0. The van der Waals surface area contributed by atoms with Gasteiger partial charge in [-0.1, -0.05) is 6.92 Å². The van der Waals surface area contributed by atoms with E-state index in [0.29, 0.717) is 17.2 Å². The highest BCUT2D eigenvalue weighted by Gasteiger charge is 2.18. The van der Waals surface area contributed by atoms with Crippen LogP contribution in [0.5, 0.6) is 0 Å². The van der Waals surface area contributed by atoms with Crippen LogP contribution in [-0.4, -0.2) is 31.4 Å². The smallest absolute Gasteiger partial charge is 0.323 e. The number of halogens is 2. The van der Waals surface area contributed by atoms with E-state index in [4.69, 9.17) is 0 Å². The fraction of sp³-hybridized carbons (Fsp3) is 0.417. The summed E-state index contributed by atoms with van der Waals surface area (Å²) in [6.45, 7) is 2.46. The summed E-state index contributed by atoms with van der Waals surface area (Å²) in [5.74, 6) is -1.32. The fourth-order valence-corrected chi connectivity index (χ4v) is 2.33. The maximum Gasteiger partial charge on any atom is 0.323 e. The zero-order valence-corrected chi connectivity index (χ0v) is 11.0. The number of likely N-dealkylation sites (N-methyl/N-ethyl adjacent to an activating group) is 1. The first-order chi connectivity index (χ1) is 8.58. The third-order valence-corrected chi connectivity index (χ3v) is 3.38. The average Bonchev–Trinajstić information content (AvgIpc) is 2.35. The third kappa shape index (κ3) is 4.27. The van der Waals surface area contributed by atoms with Crippen molar-refractivity contribution in [2.75, 3.05) is 19.4 Å². The highest BCUT2D eigenvalue weighted by molar-refractivity contribution is 7.99. The van der Waals surface area contributed by atoms with Gasteiger partial charge in [0.1, 0.15) is 17.7 Å². The normalized spacial score (nSPS) is 12.2. The highest BCUT2D eigenvalue weighted by atomic mass is 32.2. The van der Waals surface area contributed by atoms with Crippen molar-refractivity contribution >= 4 is 17.7 Å². The molecule has 0 heterocycles. The molecule has 18 heavy (non-hydrogen) atoms. The molecule has 0 aliphatic heterocycles. The van der Waals surface area contributed by atoms with Gasteiger partial charge in [0.05, 0.1) is 7.11 Å². The molecule has 1 rings (SSSR count). The topological polar surface area (TPSA) is 38.3 Å². The van der Waals surface area contributed by atoms with Gasteiger partial charge in [0.2, 0.25) is 0 Å². The van der Waals surface area contributed by atoms with Crippen LogP contribution in [0.3, 0.4) is 0 Å². The van der Waals surface area contributed by atoms with Gasteiger partial charge in [-0.25, -0.2) is 8.78 Å². The second-order valence-corrected chi connectivity index (χ2v) is 4.58. The molecule has 6 heteroatoms. The lowest BCUT2D eigenvalue weighted by Gasteiger charge is -2.14. The van der Waals surface area contributed by atoms with Gasteiger partial charge in [-0.05, 0) is 18.7 Å². The number of ether oxygens (including phenoxy) is 1. The average molecular weight is 275 g/mol. The summed E-state index contributed by atoms with van der Waals surface area (Å²) in [4.78, 5) is 11.7. The van der Waals surface area contributed by atoms with E-state index in [1.165, 1.54) is 19.2 Å². The molecule has 1 aromatic carbocycles. The molecule has 3 nitrogen and oxygen atoms in total. The van der Waals surface area contributed by atoms with E-state index in [1.54, 1.807) is 0 Å². The number of nitrogens with one attached hydrogen (secondary N) is 1.